The molecule has 0 unspecified atom stereocenters. The molecule has 0 radical (unpaired) electrons. The summed E-state index contributed by atoms with van der Waals surface area (Å²) < 4.78 is 1.59. The molecule has 136 valence electrons. The number of amides is 1. The van der Waals surface area contributed by atoms with Gasteiger partial charge in [-0.25, -0.2) is 19.6 Å². The zero-order valence-electron chi connectivity index (χ0n) is 14.6. The van der Waals surface area contributed by atoms with Crippen molar-refractivity contribution in [3.05, 3.63) is 61.2 Å². The van der Waals surface area contributed by atoms with E-state index < -0.39 is 0 Å². The van der Waals surface area contributed by atoms with Crippen molar-refractivity contribution in [3.8, 4) is 5.82 Å². The highest BCUT2D eigenvalue weighted by molar-refractivity contribution is 5.91. The Kier molecular flexibility index (Phi) is 4.82. The number of nitrogens with zero attached hydrogens (tertiary/aromatic N) is 8. The third-order valence-electron chi connectivity index (χ3n) is 4.31. The van der Waals surface area contributed by atoms with Gasteiger partial charge in [0.2, 0.25) is 5.91 Å². The van der Waals surface area contributed by atoms with Gasteiger partial charge in [-0.2, -0.15) is 5.10 Å². The number of pyridine rings is 1. The minimum absolute atomic E-state index is 0.00416. The predicted molar refractivity (Wildman–Crippen MR) is 99.0 cm³/mol. The molecule has 3 aromatic rings. The van der Waals surface area contributed by atoms with E-state index >= 15 is 0 Å². The standard InChI is InChI=1S/C18H18N8O/c27-18(4-3-15-2-1-5-19-11-15)25-8-6-24(7-9-25)16-10-17(22-13-21-16)26-14-20-12-23-26/h1-5,10-14H,6-9H2/b4-3+. The summed E-state index contributed by atoms with van der Waals surface area (Å²) in [6.45, 7) is 2.69. The molecule has 0 spiro atoms. The molecular formula is C18H18N8O. The fourth-order valence-electron chi connectivity index (χ4n) is 2.87. The van der Waals surface area contributed by atoms with Crippen LogP contribution in [-0.4, -0.2) is 66.7 Å². The van der Waals surface area contributed by atoms with Crippen molar-refractivity contribution in [3.63, 3.8) is 0 Å². The van der Waals surface area contributed by atoms with Crippen molar-refractivity contribution in [2.45, 2.75) is 0 Å². The summed E-state index contributed by atoms with van der Waals surface area (Å²) in [5.74, 6) is 1.48. The Morgan fingerprint density at radius 1 is 1.04 bits per heavy atom. The average molecular weight is 362 g/mol. The van der Waals surface area contributed by atoms with Crippen LogP contribution >= 0.6 is 0 Å². The normalized spacial score (nSPS) is 14.7. The molecule has 3 aromatic heterocycles. The first-order valence-corrected chi connectivity index (χ1v) is 8.58. The lowest BCUT2D eigenvalue weighted by Crippen LogP contribution is -2.48. The molecule has 1 aliphatic heterocycles. The van der Waals surface area contributed by atoms with E-state index in [9.17, 15) is 4.79 Å². The smallest absolute Gasteiger partial charge is 0.246 e. The van der Waals surface area contributed by atoms with Crippen LogP contribution in [-0.2, 0) is 4.79 Å². The van der Waals surface area contributed by atoms with E-state index in [0.29, 0.717) is 32.0 Å². The van der Waals surface area contributed by atoms with Gasteiger partial charge in [-0.1, -0.05) is 6.07 Å². The molecule has 1 aliphatic rings. The maximum Gasteiger partial charge on any atom is 0.246 e. The molecule has 1 saturated heterocycles. The second kappa shape index (κ2) is 7.73. The van der Waals surface area contributed by atoms with E-state index in [1.807, 2.05) is 23.1 Å². The van der Waals surface area contributed by atoms with Gasteiger partial charge in [0.25, 0.3) is 0 Å². The van der Waals surface area contributed by atoms with Crippen molar-refractivity contribution in [1.82, 2.24) is 34.6 Å². The van der Waals surface area contributed by atoms with E-state index in [1.165, 1.54) is 12.7 Å². The third-order valence-corrected chi connectivity index (χ3v) is 4.31. The third kappa shape index (κ3) is 3.97. The van der Waals surface area contributed by atoms with Crippen LogP contribution in [0.1, 0.15) is 5.56 Å². The Balaban J connectivity index is 1.37. The number of rotatable bonds is 4. The van der Waals surface area contributed by atoms with E-state index in [1.54, 1.807) is 35.6 Å². The Morgan fingerprint density at radius 3 is 2.63 bits per heavy atom. The van der Waals surface area contributed by atoms with Gasteiger partial charge in [-0.15, -0.1) is 0 Å². The van der Waals surface area contributed by atoms with Crippen LogP contribution in [0.5, 0.6) is 0 Å². The SMILES string of the molecule is O=C(/C=C/c1cccnc1)N1CCN(c2cc(-n3cncn3)ncn2)CC1. The Labute approximate surface area is 156 Å². The first kappa shape index (κ1) is 16.8. The molecule has 0 saturated carbocycles. The number of hydrogen-bond donors (Lipinski definition) is 0. The molecule has 4 rings (SSSR count). The number of anilines is 1. The number of aromatic nitrogens is 6. The van der Waals surface area contributed by atoms with Crippen LogP contribution in [0.25, 0.3) is 11.9 Å². The summed E-state index contributed by atoms with van der Waals surface area (Å²) >= 11 is 0. The largest absolute Gasteiger partial charge is 0.353 e. The van der Waals surface area contributed by atoms with Crippen molar-refractivity contribution >= 4 is 17.8 Å². The highest BCUT2D eigenvalue weighted by Crippen LogP contribution is 2.15. The van der Waals surface area contributed by atoms with Crippen LogP contribution in [0.3, 0.4) is 0 Å². The molecule has 0 atom stereocenters. The molecule has 4 heterocycles. The molecule has 1 fully saturated rings. The number of carbonyl (C=O) groups is 1. The topological polar surface area (TPSA) is 92.9 Å². The zero-order valence-corrected chi connectivity index (χ0v) is 14.6. The van der Waals surface area contributed by atoms with Gasteiger partial charge in [0.1, 0.15) is 24.8 Å². The molecular weight excluding hydrogens is 344 g/mol. The van der Waals surface area contributed by atoms with Crippen LogP contribution in [0, 0.1) is 0 Å². The van der Waals surface area contributed by atoms with Crippen molar-refractivity contribution in [1.29, 1.82) is 0 Å². The molecule has 0 N–H and O–H groups in total. The van der Waals surface area contributed by atoms with Gasteiger partial charge in [0, 0.05) is 50.7 Å². The van der Waals surface area contributed by atoms with E-state index in [2.05, 4.69) is 29.9 Å². The summed E-state index contributed by atoms with van der Waals surface area (Å²) in [5, 5.41) is 4.09. The number of hydrogen-bond acceptors (Lipinski definition) is 7. The lowest BCUT2D eigenvalue weighted by Gasteiger charge is -2.34. The molecule has 0 aromatic carbocycles. The summed E-state index contributed by atoms with van der Waals surface area (Å²) in [4.78, 5) is 32.9. The lowest BCUT2D eigenvalue weighted by atomic mass is 10.2. The fraction of sp³-hybridized carbons (Fsp3) is 0.222. The molecule has 9 nitrogen and oxygen atoms in total. The summed E-state index contributed by atoms with van der Waals surface area (Å²) in [5.41, 5.74) is 0.908. The highest BCUT2D eigenvalue weighted by atomic mass is 16.2. The molecule has 1 amide bonds. The second-order valence-electron chi connectivity index (χ2n) is 6.01. The van der Waals surface area contributed by atoms with Crippen molar-refractivity contribution in [2.75, 3.05) is 31.1 Å². The van der Waals surface area contributed by atoms with Gasteiger partial charge in [-0.3, -0.25) is 9.78 Å². The first-order valence-electron chi connectivity index (χ1n) is 8.58. The Hall–Kier alpha value is -3.62. The van der Waals surface area contributed by atoms with Crippen molar-refractivity contribution < 1.29 is 4.79 Å². The minimum atomic E-state index is 0.00416. The average Bonchev–Trinajstić information content (AvgIpc) is 3.28. The first-order chi connectivity index (χ1) is 13.3. The van der Waals surface area contributed by atoms with E-state index in [4.69, 9.17) is 0 Å². The molecule has 0 bridgehead atoms. The number of carbonyl (C=O) groups excluding carboxylic acids is 1. The Morgan fingerprint density at radius 2 is 1.89 bits per heavy atom. The molecule has 9 heteroatoms. The van der Waals surface area contributed by atoms with Crippen molar-refractivity contribution in [2.24, 2.45) is 0 Å². The van der Waals surface area contributed by atoms with Crippen LogP contribution in [0.2, 0.25) is 0 Å². The maximum absolute atomic E-state index is 12.4. The monoisotopic (exact) mass is 362 g/mol. The lowest BCUT2D eigenvalue weighted by molar-refractivity contribution is -0.126. The predicted octanol–water partition coefficient (Wildman–Crippen LogP) is 0.814. The zero-order chi connectivity index (χ0) is 18.5. The van der Waals surface area contributed by atoms with Gasteiger partial charge >= 0.3 is 0 Å². The second-order valence-corrected chi connectivity index (χ2v) is 6.01. The Bertz CT molecular complexity index is 918. The summed E-state index contributed by atoms with van der Waals surface area (Å²) in [6, 6.07) is 5.63. The van der Waals surface area contributed by atoms with Gasteiger partial charge < -0.3 is 9.80 Å². The summed E-state index contributed by atoms with van der Waals surface area (Å²) in [7, 11) is 0. The maximum atomic E-state index is 12.4. The number of piperazine rings is 1. The summed E-state index contributed by atoms with van der Waals surface area (Å²) in [6.07, 6.45) is 11.4. The fourth-order valence-corrected chi connectivity index (χ4v) is 2.87. The molecule has 27 heavy (non-hydrogen) atoms. The highest BCUT2D eigenvalue weighted by Gasteiger charge is 2.21. The minimum Gasteiger partial charge on any atom is -0.353 e. The van der Waals surface area contributed by atoms with E-state index in [0.717, 1.165) is 11.4 Å². The van der Waals surface area contributed by atoms with Gasteiger partial charge in [-0.05, 0) is 17.7 Å². The quantitative estimate of drug-likeness (QED) is 0.634. The van der Waals surface area contributed by atoms with Crippen LogP contribution in [0.15, 0.2) is 55.7 Å². The van der Waals surface area contributed by atoms with Crippen LogP contribution < -0.4 is 4.90 Å². The van der Waals surface area contributed by atoms with E-state index in [-0.39, 0.29) is 5.91 Å². The van der Waals surface area contributed by atoms with Gasteiger partial charge in [0.15, 0.2) is 5.82 Å². The molecule has 0 aliphatic carbocycles. The van der Waals surface area contributed by atoms with Gasteiger partial charge in [0.05, 0.1) is 0 Å². The van der Waals surface area contributed by atoms with Crippen LogP contribution in [0.4, 0.5) is 5.82 Å².